The van der Waals surface area contributed by atoms with Gasteiger partial charge in [0, 0.05) is 25.7 Å². The van der Waals surface area contributed by atoms with Crippen LogP contribution in [-0.2, 0) is 65.4 Å². The number of phosphoric ester groups is 2. The van der Waals surface area contributed by atoms with Crippen LogP contribution in [0.1, 0.15) is 331 Å². The molecule has 6 unspecified atom stereocenters. The first kappa shape index (κ1) is 85.1. The zero-order valence-electron chi connectivity index (χ0n) is 56.6. The van der Waals surface area contributed by atoms with E-state index in [-0.39, 0.29) is 25.7 Å². The smallest absolute Gasteiger partial charge is 0.462 e. The number of ether oxygens (including phenoxy) is 4. The molecular weight excluding hydrogens is 1150 g/mol. The highest BCUT2D eigenvalue weighted by Gasteiger charge is 2.30. The third-order valence-corrected chi connectivity index (χ3v) is 18.6. The maximum atomic E-state index is 13.0. The van der Waals surface area contributed by atoms with Gasteiger partial charge in [-0.15, -0.1) is 0 Å². The topological polar surface area (TPSA) is 237 Å². The number of aliphatic hydroxyl groups excluding tert-OH is 1. The van der Waals surface area contributed by atoms with Crippen LogP contribution in [0.3, 0.4) is 0 Å². The Bertz CT molecular complexity index is 1740. The van der Waals surface area contributed by atoms with E-state index in [0.29, 0.717) is 25.7 Å². The second-order valence-electron chi connectivity index (χ2n) is 25.8. The average Bonchev–Trinajstić information content (AvgIpc) is 3.68. The summed E-state index contributed by atoms with van der Waals surface area (Å²) in [6, 6.07) is 0. The highest BCUT2D eigenvalue weighted by Crippen LogP contribution is 2.45. The van der Waals surface area contributed by atoms with E-state index in [1.165, 1.54) is 135 Å². The Balaban J connectivity index is 5.27. The Morgan fingerprint density at radius 2 is 0.552 bits per heavy atom. The Kier molecular flexibility index (Phi) is 56.6. The van der Waals surface area contributed by atoms with E-state index in [2.05, 4.69) is 55.4 Å². The maximum Gasteiger partial charge on any atom is 0.472 e. The van der Waals surface area contributed by atoms with Crippen molar-refractivity contribution in [3.05, 3.63) is 0 Å². The summed E-state index contributed by atoms with van der Waals surface area (Å²) in [4.78, 5) is 72.4. The minimum Gasteiger partial charge on any atom is -0.462 e. The van der Waals surface area contributed by atoms with E-state index < -0.39 is 97.5 Å². The number of hydrogen-bond acceptors (Lipinski definition) is 15. The molecule has 87 heavy (non-hydrogen) atoms. The molecule has 3 N–H and O–H groups in total. The van der Waals surface area contributed by atoms with Gasteiger partial charge in [-0.05, 0) is 49.4 Å². The van der Waals surface area contributed by atoms with Crippen LogP contribution in [0.15, 0.2) is 0 Å². The first-order valence-corrected chi connectivity index (χ1v) is 38.3. The normalized spacial score (nSPS) is 15.3. The molecule has 0 aromatic heterocycles. The largest absolute Gasteiger partial charge is 0.472 e. The lowest BCUT2D eigenvalue weighted by molar-refractivity contribution is -0.161. The molecule has 0 amide bonds. The van der Waals surface area contributed by atoms with Gasteiger partial charge in [0.1, 0.15) is 19.3 Å². The molecule has 8 atom stereocenters. The summed E-state index contributed by atoms with van der Waals surface area (Å²) in [5.74, 6) is 0.892. The van der Waals surface area contributed by atoms with Crippen molar-refractivity contribution in [3.63, 3.8) is 0 Å². The molecular formula is C68H132O17P2. The highest BCUT2D eigenvalue weighted by molar-refractivity contribution is 7.47. The summed E-state index contributed by atoms with van der Waals surface area (Å²) >= 11 is 0. The number of aliphatic hydroxyl groups is 1. The fourth-order valence-corrected chi connectivity index (χ4v) is 11.6. The summed E-state index contributed by atoms with van der Waals surface area (Å²) in [6.07, 6.45) is 38.9. The van der Waals surface area contributed by atoms with Crippen molar-refractivity contribution in [2.24, 2.45) is 23.7 Å². The molecule has 0 rings (SSSR count). The van der Waals surface area contributed by atoms with Crippen LogP contribution in [0.2, 0.25) is 0 Å². The van der Waals surface area contributed by atoms with E-state index in [0.717, 1.165) is 114 Å². The summed E-state index contributed by atoms with van der Waals surface area (Å²) in [7, 11) is -9.90. The van der Waals surface area contributed by atoms with Crippen LogP contribution in [0.5, 0.6) is 0 Å². The van der Waals surface area contributed by atoms with Crippen molar-refractivity contribution in [3.8, 4) is 0 Å². The molecule has 0 radical (unpaired) electrons. The molecule has 0 aromatic carbocycles. The molecule has 0 bridgehead atoms. The van der Waals surface area contributed by atoms with E-state index in [4.69, 9.17) is 37.0 Å². The van der Waals surface area contributed by atoms with Gasteiger partial charge in [0.05, 0.1) is 26.4 Å². The van der Waals surface area contributed by atoms with Crippen LogP contribution in [0.4, 0.5) is 0 Å². The number of phosphoric acid groups is 2. The summed E-state index contributed by atoms with van der Waals surface area (Å²) in [5.41, 5.74) is 0. The quantitative estimate of drug-likeness (QED) is 0.0222. The third-order valence-electron chi connectivity index (χ3n) is 16.7. The Morgan fingerprint density at radius 3 is 0.816 bits per heavy atom. The second kappa shape index (κ2) is 57.9. The van der Waals surface area contributed by atoms with Crippen LogP contribution in [-0.4, -0.2) is 96.7 Å². The monoisotopic (exact) mass is 1280 g/mol. The van der Waals surface area contributed by atoms with Gasteiger partial charge >= 0.3 is 39.5 Å². The lowest BCUT2D eigenvalue weighted by atomic mass is 9.99. The van der Waals surface area contributed by atoms with Crippen LogP contribution >= 0.6 is 15.6 Å². The minimum absolute atomic E-state index is 0.102. The van der Waals surface area contributed by atoms with Crippen molar-refractivity contribution in [1.29, 1.82) is 0 Å². The van der Waals surface area contributed by atoms with E-state index in [9.17, 15) is 43.2 Å². The molecule has 0 spiro atoms. The Labute approximate surface area is 530 Å². The number of unbranched alkanes of at least 4 members (excludes halogenated alkanes) is 28. The first-order valence-electron chi connectivity index (χ1n) is 35.3. The Morgan fingerprint density at radius 1 is 0.322 bits per heavy atom. The predicted octanol–water partition coefficient (Wildman–Crippen LogP) is 18.9. The highest BCUT2D eigenvalue weighted by atomic mass is 31.2. The molecule has 0 aliphatic rings. The molecule has 0 aromatic rings. The SMILES string of the molecule is CCC(C)CCCCCCCCCCCCC(=O)O[C@H](COC(=O)CCCCCCCCCCC(C)CC)COP(=O)(O)OCC(O)COP(=O)(O)OC[C@@H](COC(=O)CCCCCCCCCCC(C)C)OC(=O)CCCCCCCCC(C)CC. The first-order chi connectivity index (χ1) is 41.7. The zero-order valence-corrected chi connectivity index (χ0v) is 58.4. The van der Waals surface area contributed by atoms with Gasteiger partial charge in [0.2, 0.25) is 0 Å². The Hall–Kier alpha value is -1.94. The number of rotatable bonds is 65. The maximum absolute atomic E-state index is 13.0. The molecule has 0 saturated heterocycles. The molecule has 17 nitrogen and oxygen atoms in total. The zero-order chi connectivity index (χ0) is 64.7. The van der Waals surface area contributed by atoms with Crippen molar-refractivity contribution in [2.75, 3.05) is 39.6 Å². The van der Waals surface area contributed by atoms with Crippen LogP contribution in [0, 0.1) is 23.7 Å². The van der Waals surface area contributed by atoms with Gasteiger partial charge in [0.15, 0.2) is 12.2 Å². The predicted molar refractivity (Wildman–Crippen MR) is 349 cm³/mol. The molecule has 0 heterocycles. The van der Waals surface area contributed by atoms with E-state index in [1.54, 1.807) is 0 Å². The number of carbonyl (C=O) groups is 4. The van der Waals surface area contributed by atoms with Crippen molar-refractivity contribution < 1.29 is 80.2 Å². The molecule has 19 heteroatoms. The van der Waals surface area contributed by atoms with Gasteiger partial charge in [-0.3, -0.25) is 37.3 Å². The number of esters is 4. The lowest BCUT2D eigenvalue weighted by Gasteiger charge is -2.21. The second-order valence-corrected chi connectivity index (χ2v) is 28.7. The van der Waals surface area contributed by atoms with Crippen molar-refractivity contribution in [2.45, 2.75) is 350 Å². The van der Waals surface area contributed by atoms with Crippen LogP contribution < -0.4 is 0 Å². The van der Waals surface area contributed by atoms with Gasteiger partial charge in [-0.1, -0.05) is 280 Å². The van der Waals surface area contributed by atoms with Gasteiger partial charge in [0.25, 0.3) is 0 Å². The summed E-state index contributed by atoms with van der Waals surface area (Å²) < 4.78 is 68.2. The van der Waals surface area contributed by atoms with Gasteiger partial charge < -0.3 is 33.8 Å². The number of carbonyl (C=O) groups excluding carboxylic acids is 4. The summed E-state index contributed by atoms with van der Waals surface area (Å²) in [6.45, 7) is 14.1. The standard InChI is InChI=1S/C68H132O17P2/c1-9-59(6)45-37-29-21-14-12-13-15-25-34-42-50-67(72)84-63(54-78-66(71)49-41-33-24-19-17-22-30-38-46-60(7)10-2)56-82-86(74,75)80-52-62(69)53-81-87(76,77)83-57-64(85-68(73)51-43-35-27-26-31-39-47-61(8)11-3)55-79-65(70)48-40-32-23-18-16-20-28-36-44-58(4)5/h58-64,69H,9-57H2,1-8H3,(H,74,75)(H,76,77)/t59?,60?,61?,62?,63-,64-/m1/s1. The molecule has 0 saturated carbocycles. The van der Waals surface area contributed by atoms with E-state index in [1.807, 2.05) is 0 Å². The van der Waals surface area contributed by atoms with Crippen molar-refractivity contribution in [1.82, 2.24) is 0 Å². The molecule has 0 fully saturated rings. The lowest BCUT2D eigenvalue weighted by Crippen LogP contribution is -2.30. The summed E-state index contributed by atoms with van der Waals surface area (Å²) in [5, 5.41) is 10.6. The average molecular weight is 1280 g/mol. The van der Waals surface area contributed by atoms with Crippen LogP contribution in [0.25, 0.3) is 0 Å². The molecule has 0 aliphatic heterocycles. The molecule has 0 aliphatic carbocycles. The number of hydrogen-bond donors (Lipinski definition) is 3. The van der Waals surface area contributed by atoms with Gasteiger partial charge in [-0.2, -0.15) is 0 Å². The third kappa shape index (κ3) is 58.9. The molecule has 516 valence electrons. The fraction of sp³-hybridized carbons (Fsp3) is 0.941. The van der Waals surface area contributed by atoms with E-state index >= 15 is 0 Å². The van der Waals surface area contributed by atoms with Crippen molar-refractivity contribution >= 4 is 39.5 Å². The minimum atomic E-state index is -4.95. The fourth-order valence-electron chi connectivity index (χ4n) is 10.0. The van der Waals surface area contributed by atoms with Gasteiger partial charge in [-0.25, -0.2) is 9.13 Å².